The number of aromatic nitrogens is 1. The number of para-hydroxylation sites is 1. The molecule has 0 saturated carbocycles. The van der Waals surface area contributed by atoms with Crippen LogP contribution in [0.2, 0.25) is 0 Å². The number of benzene rings is 1. The van der Waals surface area contributed by atoms with Crippen molar-refractivity contribution < 1.29 is 22.7 Å². The van der Waals surface area contributed by atoms with Crippen LogP contribution in [0.25, 0.3) is 0 Å². The predicted octanol–water partition coefficient (Wildman–Crippen LogP) is 3.30. The highest BCUT2D eigenvalue weighted by Gasteiger charge is 2.33. The SMILES string of the molecule is O=C(NCC#CCOc1cccnc1)Nc1ccccc1C(F)(F)F. The first-order valence-electron chi connectivity index (χ1n) is 7.16. The summed E-state index contributed by atoms with van der Waals surface area (Å²) in [5.74, 6) is 5.86. The van der Waals surface area contributed by atoms with Crippen LogP contribution in [-0.4, -0.2) is 24.2 Å². The molecule has 2 rings (SSSR count). The Morgan fingerprint density at radius 1 is 1.16 bits per heavy atom. The number of halogens is 3. The number of anilines is 1. The molecule has 2 aromatic rings. The monoisotopic (exact) mass is 349 g/mol. The van der Waals surface area contributed by atoms with Gasteiger partial charge in [-0.05, 0) is 24.3 Å². The maximum Gasteiger partial charge on any atom is 0.418 e. The maximum absolute atomic E-state index is 12.8. The Morgan fingerprint density at radius 3 is 2.68 bits per heavy atom. The molecule has 2 amide bonds. The lowest BCUT2D eigenvalue weighted by molar-refractivity contribution is -0.136. The van der Waals surface area contributed by atoms with Gasteiger partial charge in [0.05, 0.1) is 24.0 Å². The molecule has 0 radical (unpaired) electrons. The highest BCUT2D eigenvalue weighted by molar-refractivity contribution is 5.90. The molecule has 0 aliphatic rings. The van der Waals surface area contributed by atoms with Crippen molar-refractivity contribution in [2.75, 3.05) is 18.5 Å². The number of pyridine rings is 1. The van der Waals surface area contributed by atoms with E-state index >= 15 is 0 Å². The van der Waals surface area contributed by atoms with Gasteiger partial charge in [0, 0.05) is 6.20 Å². The molecular formula is C17H14F3N3O2. The molecule has 2 N–H and O–H groups in total. The number of hydrogen-bond donors (Lipinski definition) is 2. The second-order valence-electron chi connectivity index (χ2n) is 4.68. The fourth-order valence-corrected chi connectivity index (χ4v) is 1.80. The Balaban J connectivity index is 1.78. The zero-order chi connectivity index (χ0) is 18.1. The van der Waals surface area contributed by atoms with E-state index in [1.54, 1.807) is 18.3 Å². The summed E-state index contributed by atoms with van der Waals surface area (Å²) in [6, 6.07) is 7.38. The second-order valence-corrected chi connectivity index (χ2v) is 4.68. The van der Waals surface area contributed by atoms with Crippen LogP contribution in [0.15, 0.2) is 48.8 Å². The molecule has 0 unspecified atom stereocenters. The fraction of sp³-hybridized carbons (Fsp3) is 0.176. The van der Waals surface area contributed by atoms with Crippen molar-refractivity contribution in [1.82, 2.24) is 10.3 Å². The minimum absolute atomic E-state index is 0.0313. The molecule has 130 valence electrons. The first-order chi connectivity index (χ1) is 12.0. The number of nitrogens with zero attached hydrogens (tertiary/aromatic N) is 1. The van der Waals surface area contributed by atoms with Crippen molar-refractivity contribution in [2.24, 2.45) is 0 Å². The Bertz CT molecular complexity index is 768. The lowest BCUT2D eigenvalue weighted by Gasteiger charge is -2.13. The van der Waals surface area contributed by atoms with E-state index in [-0.39, 0.29) is 18.8 Å². The smallest absolute Gasteiger partial charge is 0.418 e. The summed E-state index contributed by atoms with van der Waals surface area (Å²) in [5.41, 5.74) is -1.23. The zero-order valence-electron chi connectivity index (χ0n) is 12.9. The zero-order valence-corrected chi connectivity index (χ0v) is 12.9. The fourth-order valence-electron chi connectivity index (χ4n) is 1.80. The average molecular weight is 349 g/mol. The number of carbonyl (C=O) groups is 1. The third kappa shape index (κ3) is 6.06. The van der Waals surface area contributed by atoms with Crippen LogP contribution in [0.5, 0.6) is 5.75 Å². The van der Waals surface area contributed by atoms with Crippen LogP contribution in [0, 0.1) is 11.8 Å². The molecular weight excluding hydrogens is 335 g/mol. The molecule has 25 heavy (non-hydrogen) atoms. The van der Waals surface area contributed by atoms with E-state index in [1.165, 1.54) is 24.4 Å². The summed E-state index contributed by atoms with van der Waals surface area (Å²) in [7, 11) is 0. The summed E-state index contributed by atoms with van der Waals surface area (Å²) in [5, 5.41) is 4.51. The second kappa shape index (κ2) is 8.59. The number of urea groups is 1. The quantitative estimate of drug-likeness (QED) is 0.833. The third-order valence-electron chi connectivity index (χ3n) is 2.89. The van der Waals surface area contributed by atoms with Crippen LogP contribution in [0.1, 0.15) is 5.56 Å². The van der Waals surface area contributed by atoms with Gasteiger partial charge in [-0.2, -0.15) is 13.2 Å². The van der Waals surface area contributed by atoms with E-state index in [0.717, 1.165) is 6.07 Å². The highest BCUT2D eigenvalue weighted by Crippen LogP contribution is 2.34. The molecule has 5 nitrogen and oxygen atoms in total. The van der Waals surface area contributed by atoms with E-state index in [4.69, 9.17) is 4.74 Å². The molecule has 0 fully saturated rings. The maximum atomic E-state index is 12.8. The molecule has 0 spiro atoms. The van der Waals surface area contributed by atoms with Gasteiger partial charge in [0.2, 0.25) is 0 Å². The van der Waals surface area contributed by atoms with E-state index in [2.05, 4.69) is 27.5 Å². The van der Waals surface area contributed by atoms with E-state index in [9.17, 15) is 18.0 Å². The van der Waals surface area contributed by atoms with Gasteiger partial charge in [0.15, 0.2) is 0 Å². The Hall–Kier alpha value is -3.21. The first kappa shape index (κ1) is 18.1. The number of alkyl halides is 3. The summed E-state index contributed by atoms with van der Waals surface area (Å²) in [6.45, 7) is 0.0717. The standard InChI is InChI=1S/C17H14F3N3O2/c18-17(19,20)14-7-1-2-8-15(14)23-16(24)22-10-3-4-11-25-13-6-5-9-21-12-13/h1-2,5-9,12H,10-11H2,(H2,22,23,24). The molecule has 0 aliphatic heterocycles. The summed E-state index contributed by atoms with van der Waals surface area (Å²) < 4.78 is 43.7. The normalized spacial score (nSPS) is 10.4. The summed E-state index contributed by atoms with van der Waals surface area (Å²) in [4.78, 5) is 15.5. The van der Waals surface area contributed by atoms with Crippen molar-refractivity contribution in [2.45, 2.75) is 6.18 Å². The largest absolute Gasteiger partial charge is 0.479 e. The van der Waals surface area contributed by atoms with Gasteiger partial charge < -0.3 is 15.4 Å². The van der Waals surface area contributed by atoms with Gasteiger partial charge in [-0.1, -0.05) is 24.0 Å². The first-order valence-corrected chi connectivity index (χ1v) is 7.16. The molecule has 0 saturated heterocycles. The predicted molar refractivity (Wildman–Crippen MR) is 86.0 cm³/mol. The van der Waals surface area contributed by atoms with Crippen LogP contribution in [0.4, 0.5) is 23.7 Å². The Labute approximate surface area is 142 Å². The topological polar surface area (TPSA) is 63.2 Å². The number of carbonyl (C=O) groups excluding carboxylic acids is 1. The van der Waals surface area contributed by atoms with Gasteiger partial charge in [0.25, 0.3) is 0 Å². The van der Waals surface area contributed by atoms with E-state index < -0.39 is 17.8 Å². The van der Waals surface area contributed by atoms with Crippen molar-refractivity contribution >= 4 is 11.7 Å². The molecule has 1 aromatic carbocycles. The van der Waals surface area contributed by atoms with Gasteiger partial charge in [-0.25, -0.2) is 4.79 Å². The van der Waals surface area contributed by atoms with Gasteiger partial charge >= 0.3 is 12.2 Å². The van der Waals surface area contributed by atoms with Crippen molar-refractivity contribution in [3.63, 3.8) is 0 Å². The lowest BCUT2D eigenvalue weighted by Crippen LogP contribution is -2.30. The van der Waals surface area contributed by atoms with E-state index in [0.29, 0.717) is 5.75 Å². The number of rotatable bonds is 4. The molecule has 0 atom stereocenters. The number of nitrogens with one attached hydrogen (secondary N) is 2. The summed E-state index contributed by atoms with van der Waals surface area (Å²) in [6.07, 6.45) is -1.41. The summed E-state index contributed by atoms with van der Waals surface area (Å²) >= 11 is 0. The van der Waals surface area contributed by atoms with Crippen LogP contribution in [-0.2, 0) is 6.18 Å². The Morgan fingerprint density at radius 2 is 1.96 bits per heavy atom. The van der Waals surface area contributed by atoms with Crippen LogP contribution in [0.3, 0.4) is 0 Å². The lowest BCUT2D eigenvalue weighted by atomic mass is 10.1. The molecule has 1 aromatic heterocycles. The van der Waals surface area contributed by atoms with Crippen LogP contribution >= 0.6 is 0 Å². The van der Waals surface area contributed by atoms with Gasteiger partial charge in [-0.15, -0.1) is 0 Å². The van der Waals surface area contributed by atoms with Crippen LogP contribution < -0.4 is 15.4 Å². The molecule has 1 heterocycles. The van der Waals surface area contributed by atoms with Gasteiger partial charge in [-0.3, -0.25) is 4.98 Å². The highest BCUT2D eigenvalue weighted by atomic mass is 19.4. The van der Waals surface area contributed by atoms with Crippen molar-refractivity contribution in [3.05, 3.63) is 54.4 Å². The molecule has 0 aliphatic carbocycles. The van der Waals surface area contributed by atoms with Crippen molar-refractivity contribution in [1.29, 1.82) is 0 Å². The molecule has 8 heteroatoms. The number of amides is 2. The number of ether oxygens (including phenoxy) is 1. The van der Waals surface area contributed by atoms with Crippen molar-refractivity contribution in [3.8, 4) is 17.6 Å². The van der Waals surface area contributed by atoms with Gasteiger partial charge in [0.1, 0.15) is 12.4 Å². The van der Waals surface area contributed by atoms with E-state index in [1.807, 2.05) is 0 Å². The minimum atomic E-state index is -4.55. The third-order valence-corrected chi connectivity index (χ3v) is 2.89. The number of hydrogen-bond acceptors (Lipinski definition) is 3. The Kier molecular flexibility index (Phi) is 6.23. The molecule has 0 bridgehead atoms. The average Bonchev–Trinajstić information content (AvgIpc) is 2.58. The minimum Gasteiger partial charge on any atom is -0.479 e.